The molecule has 0 saturated heterocycles. The molecule has 94 valence electrons. The van der Waals surface area contributed by atoms with Crippen LogP contribution < -0.4 is 0 Å². The summed E-state index contributed by atoms with van der Waals surface area (Å²) < 4.78 is 1.68. The van der Waals surface area contributed by atoms with Crippen molar-refractivity contribution >= 4 is 22.9 Å². The maximum Gasteiger partial charge on any atom is 0.171 e. The summed E-state index contributed by atoms with van der Waals surface area (Å²) in [5.41, 5.74) is 2.18. The SMILES string of the molecule is O=C(Cc1ccncc1Cl)c1cnn2ccccc12. The van der Waals surface area contributed by atoms with Crippen LogP contribution in [0.25, 0.3) is 5.52 Å². The quantitative estimate of drug-likeness (QED) is 0.688. The van der Waals surface area contributed by atoms with Crippen LogP contribution in [0.3, 0.4) is 0 Å². The molecule has 0 radical (unpaired) electrons. The Morgan fingerprint density at radius 1 is 1.26 bits per heavy atom. The standard InChI is InChI=1S/C14H10ClN3O/c15-12-9-16-5-4-10(12)7-14(19)11-8-17-18-6-2-1-3-13(11)18/h1-6,8-9H,7H2. The van der Waals surface area contributed by atoms with Crippen molar-refractivity contribution in [2.75, 3.05) is 0 Å². The zero-order valence-corrected chi connectivity index (χ0v) is 10.7. The second-order valence-corrected chi connectivity index (χ2v) is 4.56. The fourth-order valence-electron chi connectivity index (χ4n) is 1.96. The van der Waals surface area contributed by atoms with Crippen LogP contribution in [0.4, 0.5) is 0 Å². The molecule has 0 fully saturated rings. The van der Waals surface area contributed by atoms with Crippen LogP contribution in [0.1, 0.15) is 15.9 Å². The van der Waals surface area contributed by atoms with Crippen LogP contribution >= 0.6 is 11.6 Å². The van der Waals surface area contributed by atoms with Crippen molar-refractivity contribution in [3.8, 4) is 0 Å². The Kier molecular flexibility index (Phi) is 3.01. The summed E-state index contributed by atoms with van der Waals surface area (Å²) in [6.45, 7) is 0. The molecule has 4 nitrogen and oxygen atoms in total. The molecule has 0 N–H and O–H groups in total. The molecule has 0 aliphatic rings. The fraction of sp³-hybridized carbons (Fsp3) is 0.0714. The monoisotopic (exact) mass is 271 g/mol. The Morgan fingerprint density at radius 2 is 2.16 bits per heavy atom. The summed E-state index contributed by atoms with van der Waals surface area (Å²) in [6, 6.07) is 7.38. The molecule has 3 aromatic heterocycles. The third-order valence-electron chi connectivity index (χ3n) is 2.93. The zero-order valence-electron chi connectivity index (χ0n) is 9.95. The first-order valence-electron chi connectivity index (χ1n) is 5.79. The molecule has 3 aromatic rings. The summed E-state index contributed by atoms with van der Waals surface area (Å²) >= 11 is 6.01. The van der Waals surface area contributed by atoms with Gasteiger partial charge in [-0.2, -0.15) is 5.10 Å². The molecule has 0 aliphatic heterocycles. The van der Waals surface area contributed by atoms with Crippen molar-refractivity contribution in [3.05, 3.63) is 65.2 Å². The Morgan fingerprint density at radius 3 is 3.00 bits per heavy atom. The van der Waals surface area contributed by atoms with Crippen LogP contribution in [0, 0.1) is 0 Å². The summed E-state index contributed by atoms with van der Waals surface area (Å²) in [4.78, 5) is 16.2. The summed E-state index contributed by atoms with van der Waals surface area (Å²) in [6.07, 6.45) is 6.82. The Hall–Kier alpha value is -2.20. The second kappa shape index (κ2) is 4.82. The number of carbonyl (C=O) groups excluding carboxylic acids is 1. The predicted octanol–water partition coefficient (Wildman–Crippen LogP) is 2.81. The van der Waals surface area contributed by atoms with Gasteiger partial charge in [-0.3, -0.25) is 9.78 Å². The first-order chi connectivity index (χ1) is 9.25. The molecule has 3 rings (SSSR count). The average Bonchev–Trinajstić information content (AvgIpc) is 2.85. The van der Waals surface area contributed by atoms with Gasteiger partial charge in [0.25, 0.3) is 0 Å². The van der Waals surface area contributed by atoms with Crippen molar-refractivity contribution in [1.29, 1.82) is 0 Å². The number of hydrogen-bond acceptors (Lipinski definition) is 3. The van der Waals surface area contributed by atoms with Crippen molar-refractivity contribution in [1.82, 2.24) is 14.6 Å². The van der Waals surface area contributed by atoms with Crippen LogP contribution in [0.15, 0.2) is 49.1 Å². The summed E-state index contributed by atoms with van der Waals surface area (Å²) in [5, 5.41) is 4.66. The molecular weight excluding hydrogens is 262 g/mol. The van der Waals surface area contributed by atoms with Gasteiger partial charge in [-0.15, -0.1) is 0 Å². The molecule has 0 bridgehead atoms. The van der Waals surface area contributed by atoms with Gasteiger partial charge in [0.15, 0.2) is 5.78 Å². The largest absolute Gasteiger partial charge is 0.294 e. The van der Waals surface area contributed by atoms with Crippen molar-refractivity contribution in [2.45, 2.75) is 6.42 Å². The Balaban J connectivity index is 1.95. The lowest BCUT2D eigenvalue weighted by Crippen LogP contribution is -2.03. The first-order valence-corrected chi connectivity index (χ1v) is 6.17. The maximum absolute atomic E-state index is 12.3. The highest BCUT2D eigenvalue weighted by atomic mass is 35.5. The Bertz CT molecular complexity index is 751. The number of nitrogens with zero attached hydrogens (tertiary/aromatic N) is 3. The third kappa shape index (κ3) is 2.22. The number of aromatic nitrogens is 3. The molecule has 0 atom stereocenters. The normalized spacial score (nSPS) is 10.8. The molecule has 19 heavy (non-hydrogen) atoms. The van der Waals surface area contributed by atoms with Gasteiger partial charge in [-0.25, -0.2) is 4.52 Å². The second-order valence-electron chi connectivity index (χ2n) is 4.16. The first kappa shape index (κ1) is 11.9. The van der Waals surface area contributed by atoms with Crippen molar-refractivity contribution in [2.24, 2.45) is 0 Å². The molecule has 0 aromatic carbocycles. The van der Waals surface area contributed by atoms with Crippen LogP contribution in [-0.2, 0) is 6.42 Å². The number of carbonyl (C=O) groups is 1. The van der Waals surface area contributed by atoms with Crippen LogP contribution in [0.2, 0.25) is 5.02 Å². The third-order valence-corrected chi connectivity index (χ3v) is 3.27. The molecule has 0 saturated carbocycles. The van der Waals surface area contributed by atoms with Gasteiger partial charge in [0, 0.05) is 25.0 Å². The minimum atomic E-state index is -0.00528. The minimum absolute atomic E-state index is 0.00528. The van der Waals surface area contributed by atoms with E-state index in [0.29, 0.717) is 10.6 Å². The number of Topliss-reactive ketones (excluding diaryl/α,β-unsaturated/α-hetero) is 1. The highest BCUT2D eigenvalue weighted by Crippen LogP contribution is 2.18. The highest BCUT2D eigenvalue weighted by Gasteiger charge is 2.14. The number of halogens is 1. The van der Waals surface area contributed by atoms with E-state index >= 15 is 0 Å². The lowest BCUT2D eigenvalue weighted by atomic mass is 10.1. The number of fused-ring (bicyclic) bond motifs is 1. The predicted molar refractivity (Wildman–Crippen MR) is 72.5 cm³/mol. The number of hydrogen-bond donors (Lipinski definition) is 0. The number of rotatable bonds is 3. The van der Waals surface area contributed by atoms with Gasteiger partial charge in [0.05, 0.1) is 22.3 Å². The topological polar surface area (TPSA) is 47.3 Å². The van der Waals surface area contributed by atoms with Crippen LogP contribution in [0.5, 0.6) is 0 Å². The number of pyridine rings is 2. The van der Waals surface area contributed by atoms with Gasteiger partial charge >= 0.3 is 0 Å². The molecular formula is C14H10ClN3O. The molecule has 3 heterocycles. The van der Waals surface area contributed by atoms with Gasteiger partial charge in [-0.1, -0.05) is 17.7 Å². The smallest absolute Gasteiger partial charge is 0.171 e. The van der Waals surface area contributed by atoms with E-state index in [2.05, 4.69) is 10.1 Å². The molecule has 0 amide bonds. The zero-order chi connectivity index (χ0) is 13.2. The summed E-state index contributed by atoms with van der Waals surface area (Å²) in [5.74, 6) is -0.00528. The summed E-state index contributed by atoms with van der Waals surface area (Å²) in [7, 11) is 0. The van der Waals surface area contributed by atoms with E-state index in [0.717, 1.165) is 11.1 Å². The molecule has 5 heteroatoms. The maximum atomic E-state index is 12.3. The van der Waals surface area contributed by atoms with Crippen LogP contribution in [-0.4, -0.2) is 20.4 Å². The van der Waals surface area contributed by atoms with E-state index in [4.69, 9.17) is 11.6 Å². The van der Waals surface area contributed by atoms with E-state index in [9.17, 15) is 4.79 Å². The van der Waals surface area contributed by atoms with E-state index in [1.165, 1.54) is 0 Å². The van der Waals surface area contributed by atoms with Gasteiger partial charge in [-0.05, 0) is 23.8 Å². The van der Waals surface area contributed by atoms with Gasteiger partial charge in [0.2, 0.25) is 0 Å². The van der Waals surface area contributed by atoms with Gasteiger partial charge < -0.3 is 0 Å². The molecule has 0 aliphatic carbocycles. The molecule has 0 spiro atoms. The fourth-order valence-corrected chi connectivity index (χ4v) is 2.15. The van der Waals surface area contributed by atoms with Gasteiger partial charge in [0.1, 0.15) is 0 Å². The van der Waals surface area contributed by atoms with Crippen molar-refractivity contribution in [3.63, 3.8) is 0 Å². The lowest BCUT2D eigenvalue weighted by molar-refractivity contribution is 0.0994. The minimum Gasteiger partial charge on any atom is -0.294 e. The number of ketones is 1. The molecule has 0 unspecified atom stereocenters. The van der Waals surface area contributed by atoms with E-state index in [-0.39, 0.29) is 12.2 Å². The highest BCUT2D eigenvalue weighted by molar-refractivity contribution is 6.31. The average molecular weight is 272 g/mol. The van der Waals surface area contributed by atoms with Crippen molar-refractivity contribution < 1.29 is 4.79 Å². The lowest BCUT2D eigenvalue weighted by Gasteiger charge is -2.02. The van der Waals surface area contributed by atoms with E-state index in [1.807, 2.05) is 24.4 Å². The Labute approximate surface area is 114 Å². The van der Waals surface area contributed by atoms with E-state index < -0.39 is 0 Å². The van der Waals surface area contributed by atoms with E-state index in [1.54, 1.807) is 29.2 Å².